The van der Waals surface area contributed by atoms with Crippen LogP contribution < -0.4 is 5.32 Å². The topological polar surface area (TPSA) is 92.1 Å². The lowest BCUT2D eigenvalue weighted by Gasteiger charge is -2.12. The molecule has 0 atom stereocenters. The number of ether oxygens (including phenoxy) is 1. The van der Waals surface area contributed by atoms with Crippen LogP contribution in [-0.2, 0) is 16.0 Å². The van der Waals surface area contributed by atoms with Gasteiger partial charge in [0.1, 0.15) is 0 Å². The van der Waals surface area contributed by atoms with Crippen molar-refractivity contribution in [3.05, 3.63) is 75.9 Å². The van der Waals surface area contributed by atoms with Gasteiger partial charge in [0.2, 0.25) is 0 Å². The molecule has 0 aliphatic heterocycles. The van der Waals surface area contributed by atoms with Crippen LogP contribution in [0.15, 0.2) is 48.5 Å². The highest BCUT2D eigenvalue weighted by Crippen LogP contribution is 2.38. The number of aromatic nitrogens is 1. The number of carbonyl (C=O) groups excluding carboxylic acids is 2. The minimum atomic E-state index is -0.561. The second kappa shape index (κ2) is 9.63. The first-order valence-electron chi connectivity index (χ1n) is 10.3. The molecule has 1 aliphatic rings. The van der Waals surface area contributed by atoms with Gasteiger partial charge in [0.05, 0.1) is 29.3 Å². The van der Waals surface area contributed by atoms with Crippen molar-refractivity contribution in [2.45, 2.75) is 19.3 Å². The minimum Gasteiger partial charge on any atom is -0.452 e. The number of nitrogens with one attached hydrogen (secondary N) is 1. The second-order valence-electron chi connectivity index (χ2n) is 7.36. The van der Waals surface area contributed by atoms with Crippen molar-refractivity contribution in [1.82, 2.24) is 10.3 Å². The number of pyridine rings is 1. The van der Waals surface area contributed by atoms with E-state index in [0.717, 1.165) is 28.8 Å². The molecule has 0 bridgehead atoms. The van der Waals surface area contributed by atoms with E-state index in [-0.39, 0.29) is 13.0 Å². The van der Waals surface area contributed by atoms with E-state index in [1.807, 2.05) is 60.7 Å². The fourth-order valence-electron chi connectivity index (χ4n) is 3.80. The predicted octanol–water partition coefficient (Wildman–Crippen LogP) is 4.56. The summed E-state index contributed by atoms with van der Waals surface area (Å²) in [5.74, 6) is -1.00. The zero-order valence-corrected chi connectivity index (χ0v) is 18.0. The third-order valence-corrected chi connectivity index (χ3v) is 5.62. The lowest BCUT2D eigenvalue weighted by atomic mass is 10.0. The standard InChI is InChI=1S/C25H20ClN3O3/c26-20-8-3-1-6-16(20)14-17-10-11-19-23(18-7-2-4-9-21(18)29-24(17)19)25(31)32-15-22(30)28-13-5-12-27/h1-4,6-9,14H,5,10-11,13,15H2,(H,28,30)/b17-14+. The van der Waals surface area contributed by atoms with Crippen LogP contribution in [0.3, 0.4) is 0 Å². The Morgan fingerprint density at radius 2 is 1.94 bits per heavy atom. The number of hydrogen-bond donors (Lipinski definition) is 1. The summed E-state index contributed by atoms with van der Waals surface area (Å²) in [4.78, 5) is 29.8. The fraction of sp³-hybridized carbons (Fsp3) is 0.200. The number of nitrogens with zero attached hydrogens (tertiary/aromatic N) is 2. The van der Waals surface area contributed by atoms with Gasteiger partial charge in [0, 0.05) is 17.0 Å². The van der Waals surface area contributed by atoms with Gasteiger partial charge in [-0.1, -0.05) is 48.0 Å². The summed E-state index contributed by atoms with van der Waals surface area (Å²) in [6.45, 7) is -0.186. The number of esters is 1. The Morgan fingerprint density at radius 1 is 1.16 bits per heavy atom. The molecule has 1 amide bonds. The molecular weight excluding hydrogens is 426 g/mol. The summed E-state index contributed by atoms with van der Waals surface area (Å²) in [6.07, 6.45) is 3.57. The molecule has 0 fully saturated rings. The number of para-hydroxylation sites is 1. The largest absolute Gasteiger partial charge is 0.452 e. The first-order chi connectivity index (χ1) is 15.6. The van der Waals surface area contributed by atoms with E-state index >= 15 is 0 Å². The van der Waals surface area contributed by atoms with Gasteiger partial charge in [0.15, 0.2) is 6.61 Å². The molecule has 1 heterocycles. The molecule has 1 aliphatic carbocycles. The number of nitriles is 1. The van der Waals surface area contributed by atoms with E-state index in [1.54, 1.807) is 0 Å². The highest BCUT2D eigenvalue weighted by atomic mass is 35.5. The van der Waals surface area contributed by atoms with Crippen LogP contribution in [0.4, 0.5) is 0 Å². The number of hydrogen-bond acceptors (Lipinski definition) is 5. The summed E-state index contributed by atoms with van der Waals surface area (Å²) in [5, 5.41) is 12.5. The van der Waals surface area contributed by atoms with Gasteiger partial charge in [-0.2, -0.15) is 5.26 Å². The Hall–Kier alpha value is -3.69. The number of carbonyl (C=O) groups is 2. The number of amides is 1. The lowest BCUT2D eigenvalue weighted by molar-refractivity contribution is -0.124. The van der Waals surface area contributed by atoms with Gasteiger partial charge in [-0.15, -0.1) is 0 Å². The van der Waals surface area contributed by atoms with E-state index in [4.69, 9.17) is 26.6 Å². The molecule has 1 N–H and O–H groups in total. The zero-order valence-electron chi connectivity index (χ0n) is 17.2. The Labute approximate surface area is 190 Å². The third kappa shape index (κ3) is 4.48. The molecule has 4 rings (SSSR count). The highest BCUT2D eigenvalue weighted by molar-refractivity contribution is 6.32. The molecule has 160 valence electrons. The van der Waals surface area contributed by atoms with Crippen LogP contribution in [-0.4, -0.2) is 30.0 Å². The smallest absolute Gasteiger partial charge is 0.339 e. The van der Waals surface area contributed by atoms with Crippen LogP contribution in [0.1, 0.15) is 40.0 Å². The zero-order chi connectivity index (χ0) is 22.5. The molecule has 0 spiro atoms. The van der Waals surface area contributed by atoms with E-state index < -0.39 is 18.5 Å². The Bertz CT molecular complexity index is 1280. The van der Waals surface area contributed by atoms with Crippen LogP contribution in [0.5, 0.6) is 0 Å². The van der Waals surface area contributed by atoms with Crippen molar-refractivity contribution in [2.24, 2.45) is 0 Å². The van der Waals surface area contributed by atoms with E-state index in [2.05, 4.69) is 5.32 Å². The summed E-state index contributed by atoms with van der Waals surface area (Å²) >= 11 is 6.33. The summed E-state index contributed by atoms with van der Waals surface area (Å²) < 4.78 is 5.32. The first kappa shape index (κ1) is 21.5. The summed E-state index contributed by atoms with van der Waals surface area (Å²) in [6, 6.07) is 16.9. The maximum atomic E-state index is 13.0. The molecule has 3 aromatic rings. The molecule has 7 heteroatoms. The predicted molar refractivity (Wildman–Crippen MR) is 123 cm³/mol. The Morgan fingerprint density at radius 3 is 2.75 bits per heavy atom. The van der Waals surface area contributed by atoms with Crippen LogP contribution >= 0.6 is 11.6 Å². The van der Waals surface area contributed by atoms with Crippen LogP contribution in [0.25, 0.3) is 22.6 Å². The molecule has 0 saturated carbocycles. The SMILES string of the molecule is N#CCCNC(=O)COC(=O)c1c2c(nc3ccccc13)/C(=C/c1ccccc1Cl)CC2. The monoisotopic (exact) mass is 445 g/mol. The number of allylic oxidation sites excluding steroid dienone is 1. The Kier molecular flexibility index (Phi) is 6.48. The third-order valence-electron chi connectivity index (χ3n) is 5.27. The maximum Gasteiger partial charge on any atom is 0.339 e. The first-order valence-corrected chi connectivity index (χ1v) is 10.6. The van der Waals surface area contributed by atoms with Crippen molar-refractivity contribution in [3.8, 4) is 6.07 Å². The molecule has 0 radical (unpaired) electrons. The molecule has 2 aromatic carbocycles. The number of benzene rings is 2. The van der Waals surface area contributed by atoms with Crippen molar-refractivity contribution in [2.75, 3.05) is 13.2 Å². The highest BCUT2D eigenvalue weighted by Gasteiger charge is 2.28. The number of halogens is 1. The molecule has 32 heavy (non-hydrogen) atoms. The van der Waals surface area contributed by atoms with Gasteiger partial charge in [-0.25, -0.2) is 9.78 Å². The van der Waals surface area contributed by atoms with E-state index in [1.165, 1.54) is 0 Å². The van der Waals surface area contributed by atoms with Gasteiger partial charge in [-0.05, 0) is 47.8 Å². The molecule has 6 nitrogen and oxygen atoms in total. The van der Waals surface area contributed by atoms with Crippen molar-refractivity contribution >= 4 is 46.0 Å². The van der Waals surface area contributed by atoms with Crippen LogP contribution in [0, 0.1) is 11.3 Å². The summed E-state index contributed by atoms with van der Waals surface area (Å²) in [5.41, 5.74) is 4.60. The lowest BCUT2D eigenvalue weighted by Crippen LogP contribution is -2.29. The normalized spacial score (nSPS) is 13.6. The van der Waals surface area contributed by atoms with Crippen molar-refractivity contribution in [1.29, 1.82) is 5.26 Å². The van der Waals surface area contributed by atoms with E-state index in [9.17, 15) is 9.59 Å². The second-order valence-corrected chi connectivity index (χ2v) is 7.76. The average Bonchev–Trinajstić information content (AvgIpc) is 3.19. The fourth-order valence-corrected chi connectivity index (χ4v) is 3.99. The van der Waals surface area contributed by atoms with Gasteiger partial charge < -0.3 is 10.1 Å². The maximum absolute atomic E-state index is 13.0. The molecular formula is C25H20ClN3O3. The van der Waals surface area contributed by atoms with Crippen LogP contribution in [0.2, 0.25) is 5.02 Å². The van der Waals surface area contributed by atoms with Gasteiger partial charge in [0.25, 0.3) is 5.91 Å². The number of fused-ring (bicyclic) bond motifs is 2. The van der Waals surface area contributed by atoms with Gasteiger partial charge >= 0.3 is 5.97 Å². The summed E-state index contributed by atoms with van der Waals surface area (Å²) in [7, 11) is 0. The quantitative estimate of drug-likeness (QED) is 0.443. The Balaban J connectivity index is 1.68. The van der Waals surface area contributed by atoms with Crippen molar-refractivity contribution < 1.29 is 14.3 Å². The minimum absolute atomic E-state index is 0.197. The molecule has 1 aromatic heterocycles. The molecule has 0 saturated heterocycles. The average molecular weight is 446 g/mol. The van der Waals surface area contributed by atoms with Gasteiger partial charge in [-0.3, -0.25) is 4.79 Å². The number of rotatable bonds is 6. The molecule has 0 unspecified atom stereocenters. The van der Waals surface area contributed by atoms with E-state index in [0.29, 0.717) is 27.9 Å². The van der Waals surface area contributed by atoms with Crippen molar-refractivity contribution in [3.63, 3.8) is 0 Å².